The molecule has 5 heteroatoms. The zero-order valence-electron chi connectivity index (χ0n) is 9.70. The molecule has 1 fully saturated rings. The molecule has 1 saturated carbocycles. The Morgan fingerprint density at radius 1 is 1.17 bits per heavy atom. The fraction of sp³-hybridized carbons (Fsp3) is 0.462. The lowest BCUT2D eigenvalue weighted by atomic mass is 10.0. The summed E-state index contributed by atoms with van der Waals surface area (Å²) in [7, 11) is 0. The van der Waals surface area contributed by atoms with E-state index in [4.69, 9.17) is 0 Å². The summed E-state index contributed by atoms with van der Waals surface area (Å²) in [4.78, 5) is 11.8. The van der Waals surface area contributed by atoms with Crippen LogP contribution in [0.4, 0.5) is 18.9 Å². The first-order chi connectivity index (χ1) is 8.47. The predicted molar refractivity (Wildman–Crippen MR) is 62.0 cm³/mol. The van der Waals surface area contributed by atoms with Crippen molar-refractivity contribution in [1.29, 1.82) is 0 Å². The summed E-state index contributed by atoms with van der Waals surface area (Å²) in [6.45, 7) is 0. The molecule has 0 bridgehead atoms. The average molecular weight is 257 g/mol. The molecule has 1 N–H and O–H groups in total. The summed E-state index contributed by atoms with van der Waals surface area (Å²) in [6.07, 6.45) is -3.91. The van der Waals surface area contributed by atoms with Crippen molar-refractivity contribution in [1.82, 2.24) is 0 Å². The maximum atomic E-state index is 12.5. The average Bonchev–Trinajstić information content (AvgIpc) is 2.79. The van der Waals surface area contributed by atoms with Crippen LogP contribution < -0.4 is 5.32 Å². The van der Waals surface area contributed by atoms with Gasteiger partial charge in [-0.25, -0.2) is 0 Å². The number of hydrogen-bond donors (Lipinski definition) is 1. The standard InChI is InChI=1S/C13H14F3NO/c14-13(15,16)10-7-6-9(8-10)12(18)17-11-4-2-1-3-5-11/h1-5,9-10H,6-8H2,(H,17,18). The molecule has 0 spiro atoms. The Bertz CT molecular complexity index is 416. The number of rotatable bonds is 2. The summed E-state index contributed by atoms with van der Waals surface area (Å²) in [6, 6.07) is 8.78. The number of alkyl halides is 3. The highest BCUT2D eigenvalue weighted by Gasteiger charge is 2.45. The third-order valence-corrected chi connectivity index (χ3v) is 3.31. The number of carbonyl (C=O) groups is 1. The monoisotopic (exact) mass is 257 g/mol. The minimum Gasteiger partial charge on any atom is -0.326 e. The Hall–Kier alpha value is -1.52. The van der Waals surface area contributed by atoms with Crippen molar-refractivity contribution < 1.29 is 18.0 Å². The second kappa shape index (κ2) is 5.00. The summed E-state index contributed by atoms with van der Waals surface area (Å²) in [5, 5.41) is 2.65. The number of hydrogen-bond acceptors (Lipinski definition) is 1. The fourth-order valence-corrected chi connectivity index (χ4v) is 2.28. The van der Waals surface area contributed by atoms with E-state index < -0.39 is 18.0 Å². The lowest BCUT2D eigenvalue weighted by Gasteiger charge is -2.14. The largest absolute Gasteiger partial charge is 0.391 e. The smallest absolute Gasteiger partial charge is 0.326 e. The summed E-state index contributed by atoms with van der Waals surface area (Å²) < 4.78 is 37.5. The molecule has 1 aromatic carbocycles. The minimum atomic E-state index is -4.18. The third-order valence-electron chi connectivity index (χ3n) is 3.31. The molecule has 2 rings (SSSR count). The van der Waals surface area contributed by atoms with Crippen molar-refractivity contribution in [3.8, 4) is 0 Å². The molecule has 0 aliphatic heterocycles. The minimum absolute atomic E-state index is 0.0520. The second-order valence-electron chi connectivity index (χ2n) is 4.60. The van der Waals surface area contributed by atoms with Crippen LogP contribution in [0.15, 0.2) is 30.3 Å². The van der Waals surface area contributed by atoms with Crippen LogP contribution in [-0.2, 0) is 4.79 Å². The number of nitrogens with one attached hydrogen (secondary N) is 1. The Morgan fingerprint density at radius 3 is 2.39 bits per heavy atom. The van der Waals surface area contributed by atoms with E-state index in [9.17, 15) is 18.0 Å². The molecule has 0 radical (unpaired) electrons. The fourth-order valence-electron chi connectivity index (χ4n) is 2.28. The molecule has 1 aliphatic rings. The SMILES string of the molecule is O=C(Nc1ccccc1)C1CCC(C(F)(F)F)C1. The number of benzene rings is 1. The van der Waals surface area contributed by atoms with Gasteiger partial charge in [-0.3, -0.25) is 4.79 Å². The van der Waals surface area contributed by atoms with Gasteiger partial charge < -0.3 is 5.32 Å². The number of carbonyl (C=O) groups excluding carboxylic acids is 1. The van der Waals surface area contributed by atoms with Crippen molar-refractivity contribution in [2.24, 2.45) is 11.8 Å². The lowest BCUT2D eigenvalue weighted by molar-refractivity contribution is -0.173. The highest BCUT2D eigenvalue weighted by molar-refractivity contribution is 5.92. The van der Waals surface area contributed by atoms with Gasteiger partial charge >= 0.3 is 6.18 Å². The van der Waals surface area contributed by atoms with Crippen molar-refractivity contribution in [3.05, 3.63) is 30.3 Å². The molecule has 18 heavy (non-hydrogen) atoms. The van der Waals surface area contributed by atoms with Crippen molar-refractivity contribution in [2.45, 2.75) is 25.4 Å². The maximum absolute atomic E-state index is 12.5. The van der Waals surface area contributed by atoms with Crippen LogP contribution in [0.25, 0.3) is 0 Å². The van der Waals surface area contributed by atoms with E-state index in [0.717, 1.165) is 0 Å². The molecule has 0 saturated heterocycles. The molecule has 1 amide bonds. The normalized spacial score (nSPS) is 23.9. The summed E-state index contributed by atoms with van der Waals surface area (Å²) in [5.74, 6) is -2.17. The van der Waals surface area contributed by atoms with Crippen molar-refractivity contribution in [3.63, 3.8) is 0 Å². The number of halogens is 3. The van der Waals surface area contributed by atoms with Crippen LogP contribution in [0.3, 0.4) is 0 Å². The Morgan fingerprint density at radius 2 is 1.83 bits per heavy atom. The van der Waals surface area contributed by atoms with Crippen molar-refractivity contribution >= 4 is 11.6 Å². The molecule has 2 unspecified atom stereocenters. The second-order valence-corrected chi connectivity index (χ2v) is 4.60. The molecule has 2 atom stereocenters. The van der Waals surface area contributed by atoms with Gasteiger partial charge in [0.25, 0.3) is 0 Å². The summed E-state index contributed by atoms with van der Waals surface area (Å²) in [5.41, 5.74) is 0.623. The summed E-state index contributed by atoms with van der Waals surface area (Å²) >= 11 is 0. The van der Waals surface area contributed by atoms with Gasteiger partial charge in [0.1, 0.15) is 0 Å². The van der Waals surface area contributed by atoms with Gasteiger partial charge in [0.15, 0.2) is 0 Å². The zero-order valence-corrected chi connectivity index (χ0v) is 9.70. The van der Waals surface area contributed by atoms with E-state index in [1.165, 1.54) is 0 Å². The molecule has 0 heterocycles. The Kier molecular flexibility index (Phi) is 3.59. The lowest BCUT2D eigenvalue weighted by Crippen LogP contribution is -2.24. The van der Waals surface area contributed by atoms with E-state index in [1.807, 2.05) is 6.07 Å². The maximum Gasteiger partial charge on any atom is 0.391 e. The zero-order chi connectivity index (χ0) is 13.2. The quantitative estimate of drug-likeness (QED) is 0.861. The van der Waals surface area contributed by atoms with Gasteiger partial charge in [0.2, 0.25) is 5.91 Å². The molecule has 2 nitrogen and oxygen atoms in total. The van der Waals surface area contributed by atoms with Crippen LogP contribution in [0.5, 0.6) is 0 Å². The van der Waals surface area contributed by atoms with E-state index in [0.29, 0.717) is 12.1 Å². The number of amides is 1. The van der Waals surface area contributed by atoms with Crippen LogP contribution in [0.1, 0.15) is 19.3 Å². The van der Waals surface area contributed by atoms with E-state index >= 15 is 0 Å². The van der Waals surface area contributed by atoms with Gasteiger partial charge in [-0.1, -0.05) is 18.2 Å². The molecule has 1 aliphatic carbocycles. The first kappa shape index (κ1) is 12.9. The van der Waals surface area contributed by atoms with Gasteiger partial charge in [0, 0.05) is 11.6 Å². The first-order valence-corrected chi connectivity index (χ1v) is 5.89. The van der Waals surface area contributed by atoms with Crippen LogP contribution in [0, 0.1) is 11.8 Å². The van der Waals surface area contributed by atoms with Crippen LogP contribution >= 0.6 is 0 Å². The van der Waals surface area contributed by atoms with E-state index in [-0.39, 0.29) is 18.7 Å². The van der Waals surface area contributed by atoms with Crippen molar-refractivity contribution in [2.75, 3.05) is 5.32 Å². The first-order valence-electron chi connectivity index (χ1n) is 5.89. The predicted octanol–water partition coefficient (Wildman–Crippen LogP) is 3.60. The van der Waals surface area contributed by atoms with E-state index in [1.54, 1.807) is 24.3 Å². The Labute approximate surface area is 103 Å². The third kappa shape index (κ3) is 3.03. The topological polar surface area (TPSA) is 29.1 Å². The molecule has 98 valence electrons. The van der Waals surface area contributed by atoms with Gasteiger partial charge in [-0.2, -0.15) is 13.2 Å². The van der Waals surface area contributed by atoms with E-state index in [2.05, 4.69) is 5.32 Å². The van der Waals surface area contributed by atoms with Gasteiger partial charge in [0.05, 0.1) is 5.92 Å². The molecule has 1 aromatic rings. The Balaban J connectivity index is 1.92. The van der Waals surface area contributed by atoms with Gasteiger partial charge in [-0.05, 0) is 31.4 Å². The van der Waals surface area contributed by atoms with Crippen LogP contribution in [-0.4, -0.2) is 12.1 Å². The molecular weight excluding hydrogens is 243 g/mol. The van der Waals surface area contributed by atoms with Crippen LogP contribution in [0.2, 0.25) is 0 Å². The number of anilines is 1. The van der Waals surface area contributed by atoms with Gasteiger partial charge in [-0.15, -0.1) is 0 Å². The number of para-hydroxylation sites is 1. The molecule has 0 aromatic heterocycles. The highest BCUT2D eigenvalue weighted by atomic mass is 19.4. The highest BCUT2D eigenvalue weighted by Crippen LogP contribution is 2.41. The molecular formula is C13H14F3NO.